The van der Waals surface area contributed by atoms with Crippen molar-refractivity contribution in [2.24, 2.45) is 0 Å². The van der Waals surface area contributed by atoms with Gasteiger partial charge in [-0.2, -0.15) is 15.6 Å². The fraction of sp³-hybridized carbons (Fsp3) is 0. The fourth-order valence-corrected chi connectivity index (χ4v) is 0. The Balaban J connectivity index is -0.00000000970. The number of rotatable bonds is 0. The van der Waals surface area contributed by atoms with Gasteiger partial charge in [-0.15, -0.1) is 0 Å². The van der Waals surface area contributed by atoms with Gasteiger partial charge in [-0.3, -0.25) is 0 Å². The second kappa shape index (κ2) is 16.3. The smallest absolute Gasteiger partial charge is 1.00 e. The van der Waals surface area contributed by atoms with Crippen molar-refractivity contribution in [2.45, 2.75) is 0 Å². The molecular formula is H2Mg4O8P2. The van der Waals surface area contributed by atoms with Crippen molar-refractivity contribution in [3.8, 4) is 0 Å². The molecule has 0 saturated carbocycles. The molecule has 0 aliphatic heterocycles. The summed E-state index contributed by atoms with van der Waals surface area (Å²) >= 11 is 0. The van der Waals surface area contributed by atoms with Crippen LogP contribution in [0.5, 0.6) is 0 Å². The van der Waals surface area contributed by atoms with Crippen molar-refractivity contribution in [3.63, 3.8) is 0 Å². The third-order valence-electron chi connectivity index (χ3n) is 0. The molecule has 68 valence electrons. The number of hydrogen-bond acceptors (Lipinski definition) is 8. The molecule has 0 spiro atoms. The maximum atomic E-state index is 8.55. The van der Waals surface area contributed by atoms with Gasteiger partial charge < -0.3 is 41.3 Å². The van der Waals surface area contributed by atoms with Gasteiger partial charge in [0.25, 0.3) is 0 Å². The Hall–Kier alpha value is 3.28. The predicted molar refractivity (Wildman–Crippen MR) is 40.5 cm³/mol. The summed E-state index contributed by atoms with van der Waals surface area (Å²) in [5.41, 5.74) is 0. The van der Waals surface area contributed by atoms with Crippen molar-refractivity contribution in [1.82, 2.24) is 0 Å². The molecule has 14 heavy (non-hydrogen) atoms. The minimum Gasteiger partial charge on any atom is -1.00 e. The first kappa shape index (κ1) is 36.0. The van der Waals surface area contributed by atoms with Crippen molar-refractivity contribution < 1.29 is 41.3 Å². The fourth-order valence-electron chi connectivity index (χ4n) is 0. The second-order valence-corrected chi connectivity index (χ2v) is 2.68. The number of phosphoric acid groups is 2. The van der Waals surface area contributed by atoms with Crippen LogP contribution in [-0.4, -0.2) is 92.2 Å². The molecule has 0 atom stereocenters. The minimum absolute atomic E-state index is 0. The molecule has 8 nitrogen and oxygen atoms in total. The van der Waals surface area contributed by atoms with Crippen LogP contribution in [0.3, 0.4) is 0 Å². The largest absolute Gasteiger partial charge is 2.00 e. The van der Waals surface area contributed by atoms with E-state index in [2.05, 4.69) is 0 Å². The molecule has 0 saturated heterocycles. The Morgan fingerprint density at radius 3 is 0.571 bits per heavy atom. The van der Waals surface area contributed by atoms with E-state index in [1.165, 1.54) is 0 Å². The van der Waals surface area contributed by atoms with E-state index >= 15 is 0 Å². The van der Waals surface area contributed by atoms with Gasteiger partial charge in [0.05, 0.1) is 0 Å². The van der Waals surface area contributed by atoms with Crippen LogP contribution in [0.25, 0.3) is 0 Å². The maximum Gasteiger partial charge on any atom is 2.00 e. The Kier molecular flexibility index (Phi) is 41.9. The van der Waals surface area contributed by atoms with Gasteiger partial charge >= 0.3 is 92.2 Å². The summed E-state index contributed by atoms with van der Waals surface area (Å²) in [6.07, 6.45) is 0. The van der Waals surface area contributed by atoms with Gasteiger partial charge in [0.2, 0.25) is 0 Å². The molecule has 0 rings (SSSR count). The van der Waals surface area contributed by atoms with Gasteiger partial charge in [-0.1, -0.05) is 0 Å². The molecule has 0 radical (unpaired) electrons. The third-order valence-corrected chi connectivity index (χ3v) is 0. The van der Waals surface area contributed by atoms with E-state index < -0.39 is 15.6 Å². The molecule has 0 unspecified atom stereocenters. The number of hydrogen-bond donors (Lipinski definition) is 0. The molecule has 0 aromatic heterocycles. The van der Waals surface area contributed by atoms with Crippen molar-refractivity contribution in [2.75, 3.05) is 0 Å². The summed E-state index contributed by atoms with van der Waals surface area (Å²) in [5, 5.41) is 0. The average molecular weight is 289 g/mol. The molecule has 0 aliphatic carbocycles. The molecular weight excluding hydrogens is 287 g/mol. The summed E-state index contributed by atoms with van der Waals surface area (Å²) in [5.74, 6) is 0. The summed E-state index contributed by atoms with van der Waals surface area (Å²) in [6, 6.07) is 0. The molecule has 14 heteroatoms. The predicted octanol–water partition coefficient (Wildman–Crippen LogP) is -6.95. The van der Waals surface area contributed by atoms with Crippen LogP contribution in [0, 0.1) is 0 Å². The van der Waals surface area contributed by atoms with E-state index in [-0.39, 0.29) is 95.1 Å². The summed E-state index contributed by atoms with van der Waals surface area (Å²) < 4.78 is 17.1. The maximum absolute atomic E-state index is 8.55. The van der Waals surface area contributed by atoms with Crippen molar-refractivity contribution in [3.05, 3.63) is 0 Å². The van der Waals surface area contributed by atoms with Crippen LogP contribution < -0.4 is 29.4 Å². The first-order chi connectivity index (χ1) is 4.00. The normalized spacial score (nSPS) is 8.43. The first-order valence-corrected chi connectivity index (χ1v) is 4.38. The monoisotopic (exact) mass is 288 g/mol. The zero-order valence-corrected chi connectivity index (χ0v) is 14.4. The van der Waals surface area contributed by atoms with Crippen LogP contribution >= 0.6 is 15.6 Å². The summed E-state index contributed by atoms with van der Waals surface area (Å²) in [7, 11) is -10.8. The van der Waals surface area contributed by atoms with Gasteiger partial charge in [-0.25, -0.2) is 0 Å². The standard InChI is InChI=1S/4Mg.2H3O4P.2H/c;;;;2*1-5(2,3)4;;/h;;;;2*(H3,1,2,3,4);;/q4*+2;;;2*-1/p-6. The third kappa shape index (κ3) is 289. The second-order valence-electron chi connectivity index (χ2n) is 0.894. The van der Waals surface area contributed by atoms with E-state index in [9.17, 15) is 0 Å². The van der Waals surface area contributed by atoms with E-state index in [0.29, 0.717) is 0 Å². The van der Waals surface area contributed by atoms with E-state index in [0.717, 1.165) is 0 Å². The zero-order valence-electron chi connectivity index (χ0n) is 8.99. The molecule has 0 aromatic rings. The molecule has 0 aliphatic rings. The summed E-state index contributed by atoms with van der Waals surface area (Å²) in [4.78, 5) is 51.3. The topological polar surface area (TPSA) is 172 Å². The van der Waals surface area contributed by atoms with E-state index in [1.807, 2.05) is 0 Å². The Morgan fingerprint density at radius 2 is 0.571 bits per heavy atom. The van der Waals surface area contributed by atoms with Crippen molar-refractivity contribution >= 4 is 108 Å². The molecule has 0 N–H and O–H groups in total. The Morgan fingerprint density at radius 1 is 0.571 bits per heavy atom. The first-order valence-electron chi connectivity index (χ1n) is 1.46. The van der Waals surface area contributed by atoms with Gasteiger partial charge in [0, 0.05) is 0 Å². The Labute approximate surface area is 147 Å². The van der Waals surface area contributed by atoms with Crippen molar-refractivity contribution in [1.29, 1.82) is 0 Å². The summed E-state index contributed by atoms with van der Waals surface area (Å²) in [6.45, 7) is 0. The SMILES string of the molecule is O=P([O-])([O-])[O-].O=P([O-])([O-])[O-].[H-].[H-].[Mg+2].[Mg+2].[Mg+2].[Mg+2]. The minimum atomic E-state index is -5.39. The van der Waals surface area contributed by atoms with E-state index in [4.69, 9.17) is 38.5 Å². The molecule has 0 fully saturated rings. The van der Waals surface area contributed by atoms with Crippen LogP contribution in [0.1, 0.15) is 2.85 Å². The molecule has 0 bridgehead atoms. The molecule has 0 aromatic carbocycles. The van der Waals surface area contributed by atoms with Crippen LogP contribution in [0.2, 0.25) is 0 Å². The molecule has 0 amide bonds. The van der Waals surface area contributed by atoms with E-state index in [1.54, 1.807) is 0 Å². The van der Waals surface area contributed by atoms with Gasteiger partial charge in [0.15, 0.2) is 0 Å². The zero-order chi connectivity index (χ0) is 9.00. The van der Waals surface area contributed by atoms with Crippen LogP contribution in [0.15, 0.2) is 0 Å². The average Bonchev–Trinajstić information content (AvgIpc) is 1.12. The quantitative estimate of drug-likeness (QED) is 0.312. The van der Waals surface area contributed by atoms with Gasteiger partial charge in [0.1, 0.15) is 0 Å². The Bertz CT molecular complexity index is 140. The van der Waals surface area contributed by atoms with Crippen LogP contribution in [-0.2, 0) is 9.13 Å². The van der Waals surface area contributed by atoms with Crippen LogP contribution in [0.4, 0.5) is 0 Å². The molecule has 0 heterocycles. The van der Waals surface area contributed by atoms with Gasteiger partial charge in [-0.05, 0) is 0 Å².